The van der Waals surface area contributed by atoms with Crippen LogP contribution in [0.1, 0.15) is 16.1 Å². The van der Waals surface area contributed by atoms with E-state index in [0.717, 1.165) is 4.47 Å². The van der Waals surface area contributed by atoms with Crippen LogP contribution in [0.3, 0.4) is 0 Å². The van der Waals surface area contributed by atoms with Crippen molar-refractivity contribution < 1.29 is 14.6 Å². The number of carbonyl (C=O) groups is 1. The van der Waals surface area contributed by atoms with E-state index in [0.29, 0.717) is 11.4 Å². The second kappa shape index (κ2) is 5.01. The van der Waals surface area contributed by atoms with E-state index < -0.39 is 5.97 Å². The fourth-order valence-corrected chi connectivity index (χ4v) is 1.70. The number of carboxylic acid groups (broad SMARTS) is 1. The average molecular weight is 297 g/mol. The molecule has 5 nitrogen and oxygen atoms in total. The van der Waals surface area contributed by atoms with Gasteiger partial charge in [-0.3, -0.25) is 5.10 Å². The van der Waals surface area contributed by atoms with E-state index in [1.807, 2.05) is 12.1 Å². The molecule has 2 N–H and O–H groups in total. The van der Waals surface area contributed by atoms with Crippen LogP contribution < -0.4 is 4.74 Å². The molecule has 0 fully saturated rings. The molecule has 0 unspecified atom stereocenters. The van der Waals surface area contributed by atoms with Crippen molar-refractivity contribution >= 4 is 21.9 Å². The Balaban J connectivity index is 2.07. The SMILES string of the molecule is O=C(O)c1cn[nH]c1COc1cccc(Br)c1. The van der Waals surface area contributed by atoms with Crippen LogP contribution in [0.2, 0.25) is 0 Å². The van der Waals surface area contributed by atoms with Gasteiger partial charge in [-0.25, -0.2) is 4.79 Å². The standard InChI is InChI=1S/C11H9BrN2O3/c12-7-2-1-3-8(4-7)17-6-10-9(11(15)16)5-13-14-10/h1-5H,6H2,(H,13,14)(H,15,16). The second-order valence-electron chi connectivity index (χ2n) is 3.31. The first-order valence-electron chi connectivity index (χ1n) is 4.80. The minimum absolute atomic E-state index is 0.125. The van der Waals surface area contributed by atoms with Crippen molar-refractivity contribution in [2.45, 2.75) is 6.61 Å². The largest absolute Gasteiger partial charge is 0.487 e. The molecule has 17 heavy (non-hydrogen) atoms. The lowest BCUT2D eigenvalue weighted by Gasteiger charge is -2.05. The third-order valence-corrected chi connectivity index (χ3v) is 2.62. The second-order valence-corrected chi connectivity index (χ2v) is 4.23. The summed E-state index contributed by atoms with van der Waals surface area (Å²) < 4.78 is 6.36. The van der Waals surface area contributed by atoms with Crippen molar-refractivity contribution in [2.75, 3.05) is 0 Å². The van der Waals surface area contributed by atoms with Gasteiger partial charge in [-0.2, -0.15) is 5.10 Å². The number of rotatable bonds is 4. The van der Waals surface area contributed by atoms with Crippen molar-refractivity contribution in [2.24, 2.45) is 0 Å². The molecular formula is C11H9BrN2O3. The first-order chi connectivity index (χ1) is 8.16. The fraction of sp³-hybridized carbons (Fsp3) is 0.0909. The van der Waals surface area contributed by atoms with Crippen molar-refractivity contribution in [3.63, 3.8) is 0 Å². The van der Waals surface area contributed by atoms with Crippen LogP contribution in [0.15, 0.2) is 34.9 Å². The third-order valence-electron chi connectivity index (χ3n) is 2.13. The van der Waals surface area contributed by atoms with Gasteiger partial charge in [0.2, 0.25) is 0 Å². The Morgan fingerprint density at radius 1 is 1.53 bits per heavy atom. The Bertz CT molecular complexity index is 539. The third kappa shape index (κ3) is 2.85. The lowest BCUT2D eigenvalue weighted by molar-refractivity contribution is 0.0694. The number of benzene rings is 1. The molecule has 2 aromatic rings. The monoisotopic (exact) mass is 296 g/mol. The molecule has 6 heteroatoms. The molecule has 2 rings (SSSR count). The summed E-state index contributed by atoms with van der Waals surface area (Å²) in [6.07, 6.45) is 1.27. The molecule has 1 aromatic carbocycles. The molecule has 0 radical (unpaired) electrons. The summed E-state index contributed by atoms with van der Waals surface area (Å²) in [4.78, 5) is 10.8. The summed E-state index contributed by atoms with van der Waals surface area (Å²) in [6.45, 7) is 0.137. The van der Waals surface area contributed by atoms with Crippen LogP contribution in [-0.2, 0) is 6.61 Å². The minimum atomic E-state index is -1.02. The van der Waals surface area contributed by atoms with Crippen molar-refractivity contribution in [1.82, 2.24) is 10.2 Å². The normalized spacial score (nSPS) is 10.2. The van der Waals surface area contributed by atoms with Gasteiger partial charge in [-0.05, 0) is 18.2 Å². The molecule has 0 aliphatic carbocycles. The van der Waals surface area contributed by atoms with Crippen molar-refractivity contribution in [3.8, 4) is 5.75 Å². The van der Waals surface area contributed by atoms with Gasteiger partial charge in [0.1, 0.15) is 17.9 Å². The highest BCUT2D eigenvalue weighted by Gasteiger charge is 2.12. The van der Waals surface area contributed by atoms with E-state index in [1.54, 1.807) is 12.1 Å². The predicted octanol–water partition coefficient (Wildman–Crippen LogP) is 2.45. The summed E-state index contributed by atoms with van der Waals surface area (Å²) >= 11 is 3.32. The van der Waals surface area contributed by atoms with E-state index in [1.165, 1.54) is 6.20 Å². The Morgan fingerprint density at radius 2 is 2.35 bits per heavy atom. The van der Waals surface area contributed by atoms with E-state index in [2.05, 4.69) is 26.1 Å². The smallest absolute Gasteiger partial charge is 0.339 e. The maximum atomic E-state index is 10.8. The van der Waals surface area contributed by atoms with Crippen molar-refractivity contribution in [3.05, 3.63) is 46.2 Å². The Morgan fingerprint density at radius 3 is 3.06 bits per heavy atom. The first-order valence-corrected chi connectivity index (χ1v) is 5.60. The number of nitrogens with zero attached hydrogens (tertiary/aromatic N) is 1. The van der Waals surface area contributed by atoms with Crippen LogP contribution >= 0.6 is 15.9 Å². The molecule has 88 valence electrons. The van der Waals surface area contributed by atoms with Gasteiger partial charge >= 0.3 is 5.97 Å². The van der Waals surface area contributed by atoms with Crippen molar-refractivity contribution in [1.29, 1.82) is 0 Å². The Hall–Kier alpha value is -1.82. The lowest BCUT2D eigenvalue weighted by atomic mass is 10.2. The number of aromatic carboxylic acids is 1. The topological polar surface area (TPSA) is 75.2 Å². The fourth-order valence-electron chi connectivity index (χ4n) is 1.32. The number of hydrogen-bond donors (Lipinski definition) is 2. The molecule has 0 saturated heterocycles. The van der Waals surface area contributed by atoms with Gasteiger partial charge in [0.05, 0.1) is 11.9 Å². The molecule has 0 atom stereocenters. The number of hydrogen-bond acceptors (Lipinski definition) is 3. The first kappa shape index (κ1) is 11.7. The van der Waals surface area contributed by atoms with Gasteiger partial charge < -0.3 is 9.84 Å². The van der Waals surface area contributed by atoms with E-state index in [-0.39, 0.29) is 12.2 Å². The number of nitrogens with one attached hydrogen (secondary N) is 1. The highest BCUT2D eigenvalue weighted by Crippen LogP contribution is 2.19. The summed E-state index contributed by atoms with van der Waals surface area (Å²) in [5.74, 6) is -0.364. The zero-order chi connectivity index (χ0) is 12.3. The van der Waals surface area contributed by atoms with E-state index >= 15 is 0 Å². The van der Waals surface area contributed by atoms with Gasteiger partial charge in [-0.15, -0.1) is 0 Å². The van der Waals surface area contributed by atoms with Crippen LogP contribution in [0.25, 0.3) is 0 Å². The highest BCUT2D eigenvalue weighted by atomic mass is 79.9. The number of aromatic amines is 1. The molecule has 1 aromatic heterocycles. The number of aromatic nitrogens is 2. The minimum Gasteiger partial charge on any atom is -0.487 e. The van der Waals surface area contributed by atoms with Gasteiger partial charge in [0, 0.05) is 4.47 Å². The van der Waals surface area contributed by atoms with Gasteiger partial charge in [-0.1, -0.05) is 22.0 Å². The van der Waals surface area contributed by atoms with Gasteiger partial charge in [0.15, 0.2) is 0 Å². The van der Waals surface area contributed by atoms with Gasteiger partial charge in [0.25, 0.3) is 0 Å². The molecule has 0 amide bonds. The van der Waals surface area contributed by atoms with Crippen LogP contribution in [0.4, 0.5) is 0 Å². The molecule has 0 spiro atoms. The average Bonchev–Trinajstić information content (AvgIpc) is 2.74. The lowest BCUT2D eigenvalue weighted by Crippen LogP contribution is -2.03. The summed E-state index contributed by atoms with van der Waals surface area (Å²) in [5, 5.41) is 15.2. The van der Waals surface area contributed by atoms with Crippen LogP contribution in [-0.4, -0.2) is 21.3 Å². The maximum absolute atomic E-state index is 10.8. The zero-order valence-electron chi connectivity index (χ0n) is 8.68. The number of ether oxygens (including phenoxy) is 1. The summed E-state index contributed by atoms with van der Waals surface area (Å²) in [5.41, 5.74) is 0.567. The highest BCUT2D eigenvalue weighted by molar-refractivity contribution is 9.10. The Labute approximate surface area is 106 Å². The number of halogens is 1. The quantitative estimate of drug-likeness (QED) is 0.909. The molecular weight excluding hydrogens is 288 g/mol. The molecule has 0 bridgehead atoms. The summed E-state index contributed by atoms with van der Waals surface area (Å²) in [7, 11) is 0. The molecule has 0 aliphatic rings. The molecule has 1 heterocycles. The number of H-pyrrole nitrogens is 1. The van der Waals surface area contributed by atoms with E-state index in [4.69, 9.17) is 9.84 Å². The van der Waals surface area contributed by atoms with Crippen LogP contribution in [0, 0.1) is 0 Å². The Kier molecular flexibility index (Phi) is 3.43. The molecule has 0 saturated carbocycles. The summed E-state index contributed by atoms with van der Waals surface area (Å²) in [6, 6.07) is 7.31. The number of carboxylic acids is 1. The molecule has 0 aliphatic heterocycles. The predicted molar refractivity (Wildman–Crippen MR) is 64.0 cm³/mol. The van der Waals surface area contributed by atoms with Crippen LogP contribution in [0.5, 0.6) is 5.75 Å². The maximum Gasteiger partial charge on any atom is 0.339 e. The van der Waals surface area contributed by atoms with E-state index in [9.17, 15) is 4.79 Å². The zero-order valence-corrected chi connectivity index (χ0v) is 10.3.